The van der Waals surface area contributed by atoms with Crippen molar-refractivity contribution in [3.63, 3.8) is 0 Å². The number of aliphatic hydroxyl groups is 1. The van der Waals surface area contributed by atoms with Gasteiger partial charge in [-0.1, -0.05) is 0 Å². The molecule has 0 atom stereocenters. The number of halogens is 4. The van der Waals surface area contributed by atoms with Gasteiger partial charge in [0.2, 0.25) is 11.6 Å². The van der Waals surface area contributed by atoms with Crippen molar-refractivity contribution in [1.82, 2.24) is 4.98 Å². The van der Waals surface area contributed by atoms with Crippen LogP contribution in [0.5, 0.6) is 0 Å². The third-order valence-corrected chi connectivity index (χ3v) is 1.92. The summed E-state index contributed by atoms with van der Waals surface area (Å²) in [7, 11) is 0. The average molecular weight is 247 g/mol. The highest BCUT2D eigenvalue weighted by Gasteiger charge is 2.34. The molecule has 0 saturated carbocycles. The van der Waals surface area contributed by atoms with Crippen LogP contribution < -0.4 is 0 Å². The zero-order valence-electron chi connectivity index (χ0n) is 8.12. The standard InChI is InChI=1S/C10H5F4NO2/c11-5-1-2-7-6(3-5)15-9(17-7)4-8(16)10(12,13)14/h1-4,16H/b8-4-. The van der Waals surface area contributed by atoms with Crippen molar-refractivity contribution in [3.05, 3.63) is 35.7 Å². The fraction of sp³-hybridized carbons (Fsp3) is 0.100. The molecule has 1 aromatic heterocycles. The number of aliphatic hydroxyl groups excluding tert-OH is 1. The summed E-state index contributed by atoms with van der Waals surface area (Å²) in [5, 5.41) is 8.68. The number of hydrogen-bond acceptors (Lipinski definition) is 3. The van der Waals surface area contributed by atoms with E-state index in [-0.39, 0.29) is 11.1 Å². The number of fused-ring (bicyclic) bond motifs is 1. The van der Waals surface area contributed by atoms with Crippen LogP contribution in [0, 0.1) is 5.82 Å². The van der Waals surface area contributed by atoms with E-state index in [4.69, 9.17) is 9.52 Å². The predicted octanol–water partition coefficient (Wildman–Crippen LogP) is 3.43. The van der Waals surface area contributed by atoms with Crippen LogP contribution in [0.3, 0.4) is 0 Å². The molecule has 3 nitrogen and oxygen atoms in total. The maximum Gasteiger partial charge on any atom is 0.448 e. The van der Waals surface area contributed by atoms with Crippen LogP contribution in [0.2, 0.25) is 0 Å². The topological polar surface area (TPSA) is 46.3 Å². The van der Waals surface area contributed by atoms with Crippen molar-refractivity contribution in [3.8, 4) is 0 Å². The molecule has 1 heterocycles. The monoisotopic (exact) mass is 247 g/mol. The Bertz CT molecular complexity index is 585. The number of aromatic nitrogens is 1. The fourth-order valence-corrected chi connectivity index (χ4v) is 1.18. The Kier molecular flexibility index (Phi) is 2.53. The van der Waals surface area contributed by atoms with E-state index < -0.39 is 23.6 Å². The molecule has 1 N–H and O–H groups in total. The van der Waals surface area contributed by atoms with Gasteiger partial charge in [0.05, 0.1) is 0 Å². The van der Waals surface area contributed by atoms with Crippen molar-refractivity contribution in [2.75, 3.05) is 0 Å². The summed E-state index contributed by atoms with van der Waals surface area (Å²) in [5.74, 6) is -2.86. The molecule has 0 fully saturated rings. The van der Waals surface area contributed by atoms with Crippen LogP contribution in [0.25, 0.3) is 17.2 Å². The van der Waals surface area contributed by atoms with E-state index in [1.165, 1.54) is 6.07 Å². The Labute approximate surface area is 92.0 Å². The normalized spacial score (nSPS) is 13.3. The van der Waals surface area contributed by atoms with E-state index >= 15 is 0 Å². The van der Waals surface area contributed by atoms with Crippen LogP contribution in [0.4, 0.5) is 17.6 Å². The lowest BCUT2D eigenvalue weighted by Gasteiger charge is -2.02. The maximum absolute atomic E-state index is 12.8. The summed E-state index contributed by atoms with van der Waals surface area (Å²) in [6.07, 6.45) is -4.54. The van der Waals surface area contributed by atoms with Crippen molar-refractivity contribution in [1.29, 1.82) is 0 Å². The van der Waals surface area contributed by atoms with Gasteiger partial charge in [-0.25, -0.2) is 9.37 Å². The highest BCUT2D eigenvalue weighted by molar-refractivity contribution is 5.73. The second kappa shape index (κ2) is 3.76. The number of hydrogen-bond donors (Lipinski definition) is 1. The van der Waals surface area contributed by atoms with E-state index in [9.17, 15) is 17.6 Å². The minimum absolute atomic E-state index is 0.0752. The van der Waals surface area contributed by atoms with Crippen LogP contribution in [-0.4, -0.2) is 16.3 Å². The molecule has 90 valence electrons. The first-order valence-electron chi connectivity index (χ1n) is 4.40. The second-order valence-electron chi connectivity index (χ2n) is 3.19. The highest BCUT2D eigenvalue weighted by atomic mass is 19.4. The van der Waals surface area contributed by atoms with E-state index in [1.54, 1.807) is 0 Å². The van der Waals surface area contributed by atoms with Gasteiger partial charge in [0.1, 0.15) is 11.3 Å². The molecule has 17 heavy (non-hydrogen) atoms. The lowest BCUT2D eigenvalue weighted by atomic mass is 10.3. The van der Waals surface area contributed by atoms with E-state index in [0.717, 1.165) is 12.1 Å². The maximum atomic E-state index is 12.8. The average Bonchev–Trinajstić information content (AvgIpc) is 2.57. The Balaban J connectivity index is 2.44. The summed E-state index contributed by atoms with van der Waals surface area (Å²) in [4.78, 5) is 3.58. The highest BCUT2D eigenvalue weighted by Crippen LogP contribution is 2.26. The Hall–Kier alpha value is -2.05. The molecule has 0 bridgehead atoms. The molecule has 0 radical (unpaired) electrons. The molecule has 0 aliphatic carbocycles. The minimum atomic E-state index is -4.87. The third kappa shape index (κ3) is 2.38. The Morgan fingerprint density at radius 2 is 2.06 bits per heavy atom. The smallest absolute Gasteiger partial charge is 0.448 e. The Morgan fingerprint density at radius 1 is 1.35 bits per heavy atom. The number of rotatable bonds is 1. The molecule has 0 saturated heterocycles. The SMILES string of the molecule is O/C(=C\c1nc2cc(F)ccc2o1)C(F)(F)F. The molecule has 0 aliphatic heterocycles. The van der Waals surface area contributed by atoms with Gasteiger partial charge in [-0.15, -0.1) is 0 Å². The van der Waals surface area contributed by atoms with Gasteiger partial charge in [-0.2, -0.15) is 13.2 Å². The summed E-state index contributed by atoms with van der Waals surface area (Å²) in [6.45, 7) is 0. The van der Waals surface area contributed by atoms with Crippen molar-refractivity contribution in [2.24, 2.45) is 0 Å². The van der Waals surface area contributed by atoms with Crippen LogP contribution in [0.15, 0.2) is 28.4 Å². The van der Waals surface area contributed by atoms with Crippen LogP contribution in [-0.2, 0) is 0 Å². The van der Waals surface area contributed by atoms with Crippen LogP contribution >= 0.6 is 0 Å². The van der Waals surface area contributed by atoms with E-state index in [0.29, 0.717) is 6.08 Å². The molecule has 0 amide bonds. The number of nitrogens with zero attached hydrogens (tertiary/aromatic N) is 1. The lowest BCUT2D eigenvalue weighted by Crippen LogP contribution is -2.10. The van der Waals surface area contributed by atoms with Gasteiger partial charge in [-0.3, -0.25) is 0 Å². The number of benzene rings is 1. The summed E-state index contributed by atoms with van der Waals surface area (Å²) < 4.78 is 53.7. The second-order valence-corrected chi connectivity index (χ2v) is 3.19. The zero-order chi connectivity index (χ0) is 12.6. The number of alkyl halides is 3. The lowest BCUT2D eigenvalue weighted by molar-refractivity contribution is -0.119. The minimum Gasteiger partial charge on any atom is -0.504 e. The fourth-order valence-electron chi connectivity index (χ4n) is 1.18. The molecule has 1 aromatic carbocycles. The summed E-state index contributed by atoms with van der Waals surface area (Å²) in [5.41, 5.74) is 0.207. The molecule has 2 rings (SSSR count). The van der Waals surface area contributed by atoms with Gasteiger partial charge >= 0.3 is 6.18 Å². The van der Waals surface area contributed by atoms with Gasteiger partial charge < -0.3 is 9.52 Å². The molecule has 7 heteroatoms. The summed E-state index contributed by atoms with van der Waals surface area (Å²) >= 11 is 0. The Morgan fingerprint density at radius 3 is 2.71 bits per heavy atom. The van der Waals surface area contributed by atoms with Crippen molar-refractivity contribution >= 4 is 17.2 Å². The van der Waals surface area contributed by atoms with Crippen molar-refractivity contribution < 1.29 is 27.1 Å². The first kappa shape index (κ1) is 11.4. The predicted molar refractivity (Wildman–Crippen MR) is 50.6 cm³/mol. The van der Waals surface area contributed by atoms with E-state index in [1.807, 2.05) is 0 Å². The van der Waals surface area contributed by atoms with E-state index in [2.05, 4.69) is 4.98 Å². The molecular weight excluding hydrogens is 242 g/mol. The zero-order valence-corrected chi connectivity index (χ0v) is 8.12. The molecule has 0 spiro atoms. The van der Waals surface area contributed by atoms with Gasteiger partial charge in [-0.05, 0) is 12.1 Å². The van der Waals surface area contributed by atoms with Crippen LogP contribution in [0.1, 0.15) is 5.89 Å². The number of oxazole rings is 1. The number of allylic oxidation sites excluding steroid dienone is 1. The van der Waals surface area contributed by atoms with Crippen molar-refractivity contribution in [2.45, 2.75) is 6.18 Å². The third-order valence-electron chi connectivity index (χ3n) is 1.92. The summed E-state index contributed by atoms with van der Waals surface area (Å²) in [6, 6.07) is 3.34. The molecule has 0 unspecified atom stereocenters. The molecule has 0 aliphatic rings. The quantitative estimate of drug-likeness (QED) is 0.620. The van der Waals surface area contributed by atoms with Gasteiger partial charge in [0.15, 0.2) is 5.58 Å². The van der Waals surface area contributed by atoms with Gasteiger partial charge in [0.25, 0.3) is 0 Å². The molecule has 2 aromatic rings. The van der Waals surface area contributed by atoms with Gasteiger partial charge in [0, 0.05) is 12.1 Å². The first-order chi connectivity index (χ1) is 7.86. The largest absolute Gasteiger partial charge is 0.504 e. The first-order valence-corrected chi connectivity index (χ1v) is 4.40. The molecular formula is C10H5F4NO2.